The van der Waals surface area contributed by atoms with E-state index >= 15 is 0 Å². The summed E-state index contributed by atoms with van der Waals surface area (Å²) in [6, 6.07) is 0. The average molecular weight is 160 g/mol. The molecule has 1 atom stereocenters. The Bertz CT molecular complexity index is 118. The normalized spacial score (nSPS) is 14.5. The second kappa shape index (κ2) is 4.49. The molecular formula is C8H18NO2+. The molecule has 1 N–H and O–H groups in total. The van der Waals surface area contributed by atoms with Crippen molar-refractivity contribution in [2.24, 2.45) is 0 Å². The highest BCUT2D eigenvalue weighted by molar-refractivity contribution is 4.69. The molecule has 0 bridgehead atoms. The Kier molecular flexibility index (Phi) is 4.33. The number of ether oxygens (including phenoxy) is 1. The Balaban J connectivity index is 3.35. The van der Waals surface area contributed by atoms with Crippen LogP contribution in [0.3, 0.4) is 0 Å². The highest BCUT2D eigenvalue weighted by Gasteiger charge is 2.07. The molecule has 0 aromatic carbocycles. The predicted molar refractivity (Wildman–Crippen MR) is 45.1 cm³/mol. The van der Waals surface area contributed by atoms with Gasteiger partial charge < -0.3 is 14.3 Å². The molecule has 0 spiro atoms. The molecule has 0 aromatic heterocycles. The van der Waals surface area contributed by atoms with Crippen LogP contribution in [0.15, 0.2) is 12.7 Å². The number of quaternary nitrogens is 1. The molecule has 0 aliphatic carbocycles. The molecule has 1 unspecified atom stereocenters. The number of aliphatic hydroxyl groups excluding tert-OH is 1. The lowest BCUT2D eigenvalue weighted by Crippen LogP contribution is -2.38. The molecule has 0 fully saturated rings. The molecule has 0 amide bonds. The zero-order valence-electron chi connectivity index (χ0n) is 7.58. The Hall–Kier alpha value is -0.380. The number of nitrogens with zero attached hydrogens (tertiary/aromatic N) is 1. The number of hydrogen-bond acceptors (Lipinski definition) is 2. The van der Waals surface area contributed by atoms with Gasteiger partial charge >= 0.3 is 0 Å². The van der Waals surface area contributed by atoms with E-state index in [2.05, 4.69) is 27.7 Å². The first-order valence-corrected chi connectivity index (χ1v) is 3.68. The van der Waals surface area contributed by atoms with Gasteiger partial charge in [-0.25, -0.2) is 0 Å². The molecule has 0 saturated heterocycles. The van der Waals surface area contributed by atoms with Crippen molar-refractivity contribution in [1.82, 2.24) is 0 Å². The first-order chi connectivity index (χ1) is 4.95. The highest BCUT2D eigenvalue weighted by Crippen LogP contribution is 1.92. The third-order valence-corrected chi connectivity index (χ3v) is 1.25. The highest BCUT2D eigenvalue weighted by atomic mass is 16.6. The molecule has 0 heterocycles. The largest absolute Gasteiger partial charge is 0.365 e. The van der Waals surface area contributed by atoms with Gasteiger partial charge in [0.1, 0.15) is 6.54 Å². The van der Waals surface area contributed by atoms with Crippen LogP contribution in [-0.2, 0) is 4.74 Å². The fourth-order valence-corrected chi connectivity index (χ4v) is 0.515. The van der Waals surface area contributed by atoms with Crippen molar-refractivity contribution < 1.29 is 14.3 Å². The molecule has 0 radical (unpaired) electrons. The van der Waals surface area contributed by atoms with Gasteiger partial charge in [0.2, 0.25) is 0 Å². The van der Waals surface area contributed by atoms with Crippen LogP contribution >= 0.6 is 0 Å². The maximum Gasteiger partial charge on any atom is 0.174 e. The molecule has 0 rings (SSSR count). The average Bonchev–Trinajstić information content (AvgIpc) is 1.85. The summed E-state index contributed by atoms with van der Waals surface area (Å²) in [5.74, 6) is 0. The van der Waals surface area contributed by atoms with E-state index in [0.717, 1.165) is 11.0 Å². The Labute approximate surface area is 68.5 Å². The Morgan fingerprint density at radius 2 is 2.09 bits per heavy atom. The molecule has 0 aliphatic heterocycles. The number of hydrogen-bond donors (Lipinski definition) is 1. The van der Waals surface area contributed by atoms with Gasteiger partial charge in [-0.2, -0.15) is 0 Å². The zero-order chi connectivity index (χ0) is 8.91. The van der Waals surface area contributed by atoms with E-state index in [9.17, 15) is 0 Å². The van der Waals surface area contributed by atoms with Crippen molar-refractivity contribution >= 4 is 0 Å². The van der Waals surface area contributed by atoms with Crippen LogP contribution in [0.4, 0.5) is 0 Å². The number of rotatable bonds is 5. The van der Waals surface area contributed by atoms with Crippen molar-refractivity contribution in [3.8, 4) is 0 Å². The van der Waals surface area contributed by atoms with Crippen LogP contribution in [0.25, 0.3) is 0 Å². The summed E-state index contributed by atoms with van der Waals surface area (Å²) in [7, 11) is 6.22. The summed E-state index contributed by atoms with van der Waals surface area (Å²) in [4.78, 5) is 0. The first-order valence-electron chi connectivity index (χ1n) is 3.68. The SMILES string of the molecule is C=CC(O)OCC[N+](C)(C)C. The lowest BCUT2D eigenvalue weighted by molar-refractivity contribution is -0.870. The summed E-state index contributed by atoms with van der Waals surface area (Å²) in [5, 5.41) is 8.91. The van der Waals surface area contributed by atoms with E-state index in [1.54, 1.807) is 0 Å². The third kappa shape index (κ3) is 7.52. The minimum absolute atomic E-state index is 0.552. The zero-order valence-corrected chi connectivity index (χ0v) is 7.58. The van der Waals surface area contributed by atoms with E-state index in [4.69, 9.17) is 9.84 Å². The van der Waals surface area contributed by atoms with Crippen LogP contribution in [0.1, 0.15) is 0 Å². The molecule has 11 heavy (non-hydrogen) atoms. The van der Waals surface area contributed by atoms with Gasteiger partial charge in [0.15, 0.2) is 6.29 Å². The summed E-state index contributed by atoms with van der Waals surface area (Å²) in [6.45, 7) is 4.83. The lowest BCUT2D eigenvalue weighted by Gasteiger charge is -2.23. The van der Waals surface area contributed by atoms with Crippen LogP contribution in [0, 0.1) is 0 Å². The molecule has 0 saturated carbocycles. The molecular weight excluding hydrogens is 142 g/mol. The van der Waals surface area contributed by atoms with Gasteiger partial charge in [0, 0.05) is 0 Å². The van der Waals surface area contributed by atoms with E-state index in [1.165, 1.54) is 6.08 Å². The predicted octanol–water partition coefficient (Wildman–Crippen LogP) is 0.214. The van der Waals surface area contributed by atoms with Crippen LogP contribution in [-0.4, -0.2) is 50.2 Å². The van der Waals surface area contributed by atoms with Crippen molar-refractivity contribution in [2.75, 3.05) is 34.3 Å². The fraction of sp³-hybridized carbons (Fsp3) is 0.750. The summed E-state index contributed by atoms with van der Waals surface area (Å²) in [5.41, 5.74) is 0. The third-order valence-electron chi connectivity index (χ3n) is 1.25. The fourth-order valence-electron chi connectivity index (χ4n) is 0.515. The van der Waals surface area contributed by atoms with E-state index in [1.807, 2.05) is 0 Å². The molecule has 0 aliphatic rings. The summed E-state index contributed by atoms with van der Waals surface area (Å²) in [6.07, 6.45) is 0.553. The summed E-state index contributed by atoms with van der Waals surface area (Å²) >= 11 is 0. The minimum Gasteiger partial charge on any atom is -0.365 e. The maximum atomic E-state index is 8.91. The Morgan fingerprint density at radius 1 is 1.55 bits per heavy atom. The monoisotopic (exact) mass is 160 g/mol. The smallest absolute Gasteiger partial charge is 0.174 e. The molecule has 3 heteroatoms. The van der Waals surface area contributed by atoms with Crippen LogP contribution in [0.5, 0.6) is 0 Å². The minimum atomic E-state index is -0.818. The van der Waals surface area contributed by atoms with Gasteiger partial charge in [-0.05, 0) is 6.08 Å². The molecule has 66 valence electrons. The summed E-state index contributed by atoms with van der Waals surface area (Å²) < 4.78 is 5.83. The van der Waals surface area contributed by atoms with Crippen LogP contribution in [0.2, 0.25) is 0 Å². The van der Waals surface area contributed by atoms with E-state index in [-0.39, 0.29) is 0 Å². The first kappa shape index (κ1) is 10.6. The van der Waals surface area contributed by atoms with E-state index in [0.29, 0.717) is 6.61 Å². The van der Waals surface area contributed by atoms with Gasteiger partial charge in [0.05, 0.1) is 27.7 Å². The topological polar surface area (TPSA) is 29.5 Å². The maximum absolute atomic E-state index is 8.91. The van der Waals surface area contributed by atoms with Gasteiger partial charge in [-0.15, -0.1) is 0 Å². The molecule has 0 aromatic rings. The quantitative estimate of drug-likeness (QED) is 0.354. The van der Waals surface area contributed by atoms with Crippen LogP contribution < -0.4 is 0 Å². The standard InChI is InChI=1S/C8H18NO2/c1-5-8(10)11-7-6-9(2,3)4/h5,8,10H,1,6-7H2,2-4H3/q+1. The molecule has 3 nitrogen and oxygen atoms in total. The van der Waals surface area contributed by atoms with Crippen molar-refractivity contribution in [3.05, 3.63) is 12.7 Å². The van der Waals surface area contributed by atoms with Gasteiger partial charge in [-0.3, -0.25) is 0 Å². The van der Waals surface area contributed by atoms with Crippen molar-refractivity contribution in [3.63, 3.8) is 0 Å². The van der Waals surface area contributed by atoms with Crippen molar-refractivity contribution in [1.29, 1.82) is 0 Å². The second-order valence-electron chi connectivity index (χ2n) is 3.51. The van der Waals surface area contributed by atoms with Gasteiger partial charge in [0.25, 0.3) is 0 Å². The number of likely N-dealkylation sites (N-methyl/N-ethyl adjacent to an activating group) is 1. The number of aliphatic hydroxyl groups is 1. The van der Waals surface area contributed by atoms with Crippen molar-refractivity contribution in [2.45, 2.75) is 6.29 Å². The van der Waals surface area contributed by atoms with Gasteiger partial charge in [-0.1, -0.05) is 6.58 Å². The Morgan fingerprint density at radius 3 is 2.45 bits per heavy atom. The lowest BCUT2D eigenvalue weighted by atomic mass is 10.5. The van der Waals surface area contributed by atoms with E-state index < -0.39 is 6.29 Å². The second-order valence-corrected chi connectivity index (χ2v) is 3.51.